The minimum Gasteiger partial charge on any atom is -0.370 e. The molecule has 3 rings (SSSR count). The lowest BCUT2D eigenvalue weighted by Crippen LogP contribution is -2.09. The highest BCUT2D eigenvalue weighted by Gasteiger charge is 2.14. The van der Waals surface area contributed by atoms with Crippen molar-refractivity contribution in [2.24, 2.45) is 0 Å². The maximum Gasteiger partial charge on any atom is 0.229 e. The first-order valence-electron chi connectivity index (χ1n) is 8.71. The lowest BCUT2D eigenvalue weighted by atomic mass is 9.97. The van der Waals surface area contributed by atoms with Gasteiger partial charge < -0.3 is 10.6 Å². The summed E-state index contributed by atoms with van der Waals surface area (Å²) in [6.07, 6.45) is 8.05. The summed E-state index contributed by atoms with van der Waals surface area (Å²) in [4.78, 5) is 8.43. The first kappa shape index (κ1) is 18.2. The van der Waals surface area contributed by atoms with Crippen LogP contribution in [0.15, 0.2) is 29.8 Å². The molecule has 1 aromatic heterocycles. The summed E-state index contributed by atoms with van der Waals surface area (Å²) < 4.78 is 40.2. The zero-order valence-electron chi connectivity index (χ0n) is 14.6. The number of aryl methyl sites for hydroxylation is 1. The highest BCUT2D eigenvalue weighted by atomic mass is 19.2. The number of rotatable bonds is 6. The average molecular weight is 362 g/mol. The fourth-order valence-corrected chi connectivity index (χ4v) is 2.94. The predicted octanol–water partition coefficient (Wildman–Crippen LogP) is 5.25. The van der Waals surface area contributed by atoms with Crippen LogP contribution in [-0.4, -0.2) is 16.5 Å². The van der Waals surface area contributed by atoms with Gasteiger partial charge in [-0.25, -0.2) is 18.2 Å². The third-order valence-electron chi connectivity index (χ3n) is 4.27. The Balaban J connectivity index is 1.67. The molecule has 1 aliphatic rings. The highest BCUT2D eigenvalue weighted by molar-refractivity contribution is 5.56. The van der Waals surface area contributed by atoms with Crippen molar-refractivity contribution in [2.75, 3.05) is 17.2 Å². The van der Waals surface area contributed by atoms with E-state index in [1.165, 1.54) is 18.4 Å². The number of hydrogen-bond acceptors (Lipinski definition) is 4. The Morgan fingerprint density at radius 3 is 2.69 bits per heavy atom. The van der Waals surface area contributed by atoms with Crippen LogP contribution in [0.4, 0.5) is 30.6 Å². The number of nitrogens with zero attached hydrogens (tertiary/aromatic N) is 2. The van der Waals surface area contributed by atoms with E-state index in [1.807, 2.05) is 0 Å². The number of allylic oxidation sites excluding steroid dienone is 1. The Labute approximate surface area is 150 Å². The van der Waals surface area contributed by atoms with E-state index in [4.69, 9.17) is 0 Å². The maximum absolute atomic E-state index is 13.8. The summed E-state index contributed by atoms with van der Waals surface area (Å²) in [5.74, 6) is -3.35. The first-order chi connectivity index (χ1) is 12.5. The van der Waals surface area contributed by atoms with Crippen molar-refractivity contribution in [1.29, 1.82) is 0 Å². The van der Waals surface area contributed by atoms with Crippen molar-refractivity contribution >= 4 is 17.5 Å². The van der Waals surface area contributed by atoms with Crippen LogP contribution in [0.2, 0.25) is 0 Å². The molecule has 4 nitrogen and oxygen atoms in total. The zero-order valence-corrected chi connectivity index (χ0v) is 14.6. The van der Waals surface area contributed by atoms with Crippen molar-refractivity contribution in [3.8, 4) is 0 Å². The van der Waals surface area contributed by atoms with Gasteiger partial charge in [0.05, 0.1) is 5.69 Å². The SMILES string of the molecule is Cc1cc(NCCC2=CCCCC2)nc(Nc2ccc(F)c(F)c2F)n1. The van der Waals surface area contributed by atoms with Crippen LogP contribution >= 0.6 is 0 Å². The van der Waals surface area contributed by atoms with Gasteiger partial charge in [-0.1, -0.05) is 11.6 Å². The summed E-state index contributed by atoms with van der Waals surface area (Å²) in [6.45, 7) is 2.52. The first-order valence-corrected chi connectivity index (χ1v) is 8.71. The third kappa shape index (κ3) is 4.53. The molecule has 0 saturated heterocycles. The van der Waals surface area contributed by atoms with E-state index in [2.05, 4.69) is 26.7 Å². The molecule has 2 aromatic rings. The van der Waals surface area contributed by atoms with Gasteiger partial charge in [0.2, 0.25) is 5.95 Å². The van der Waals surface area contributed by atoms with Crippen LogP contribution < -0.4 is 10.6 Å². The van der Waals surface area contributed by atoms with Crippen molar-refractivity contribution < 1.29 is 13.2 Å². The van der Waals surface area contributed by atoms with E-state index >= 15 is 0 Å². The van der Waals surface area contributed by atoms with Crippen LogP contribution in [0.1, 0.15) is 37.8 Å². The zero-order chi connectivity index (χ0) is 18.5. The summed E-state index contributed by atoms with van der Waals surface area (Å²) >= 11 is 0. The smallest absolute Gasteiger partial charge is 0.229 e. The van der Waals surface area contributed by atoms with Crippen LogP contribution in [0.25, 0.3) is 0 Å². The molecule has 0 unspecified atom stereocenters. The normalized spacial score (nSPS) is 14.1. The fourth-order valence-electron chi connectivity index (χ4n) is 2.94. The Morgan fingerprint density at radius 1 is 1.08 bits per heavy atom. The van der Waals surface area contributed by atoms with E-state index in [-0.39, 0.29) is 11.6 Å². The quantitative estimate of drug-likeness (QED) is 0.544. The van der Waals surface area contributed by atoms with E-state index in [0.29, 0.717) is 11.5 Å². The Morgan fingerprint density at radius 2 is 1.92 bits per heavy atom. The van der Waals surface area contributed by atoms with E-state index in [0.717, 1.165) is 37.9 Å². The molecule has 0 aliphatic heterocycles. The largest absolute Gasteiger partial charge is 0.370 e. The van der Waals surface area contributed by atoms with Gasteiger partial charge in [0.15, 0.2) is 17.5 Å². The van der Waals surface area contributed by atoms with E-state index in [1.54, 1.807) is 13.0 Å². The van der Waals surface area contributed by atoms with Gasteiger partial charge in [-0.15, -0.1) is 0 Å². The minimum absolute atomic E-state index is 0.120. The van der Waals surface area contributed by atoms with Gasteiger partial charge in [-0.2, -0.15) is 4.98 Å². The van der Waals surface area contributed by atoms with Gasteiger partial charge in [-0.05, 0) is 51.2 Å². The molecule has 0 spiro atoms. The number of nitrogens with one attached hydrogen (secondary N) is 2. The van der Waals surface area contributed by atoms with Crippen molar-refractivity contribution in [3.05, 3.63) is 53.0 Å². The van der Waals surface area contributed by atoms with Crippen LogP contribution in [0.3, 0.4) is 0 Å². The Bertz CT molecular complexity index is 821. The number of hydrogen-bond donors (Lipinski definition) is 2. The van der Waals surface area contributed by atoms with Crippen LogP contribution in [0, 0.1) is 24.4 Å². The second kappa shape index (κ2) is 8.21. The van der Waals surface area contributed by atoms with Crippen molar-refractivity contribution in [1.82, 2.24) is 9.97 Å². The number of aromatic nitrogens is 2. The summed E-state index contributed by atoms with van der Waals surface area (Å²) in [7, 11) is 0. The monoisotopic (exact) mass is 362 g/mol. The number of halogens is 3. The van der Waals surface area contributed by atoms with Gasteiger partial charge in [0, 0.05) is 18.3 Å². The van der Waals surface area contributed by atoms with Gasteiger partial charge in [0.25, 0.3) is 0 Å². The fraction of sp³-hybridized carbons (Fsp3) is 0.368. The Hall–Kier alpha value is -2.57. The molecule has 1 aliphatic carbocycles. The molecule has 0 saturated carbocycles. The lowest BCUT2D eigenvalue weighted by Gasteiger charge is -2.14. The lowest BCUT2D eigenvalue weighted by molar-refractivity contribution is 0.449. The van der Waals surface area contributed by atoms with Gasteiger partial charge in [-0.3, -0.25) is 0 Å². The summed E-state index contributed by atoms with van der Waals surface area (Å²) in [6, 6.07) is 3.75. The molecular weight excluding hydrogens is 341 g/mol. The molecule has 0 atom stereocenters. The topological polar surface area (TPSA) is 49.8 Å². The molecule has 0 radical (unpaired) electrons. The molecule has 1 aromatic carbocycles. The maximum atomic E-state index is 13.8. The molecular formula is C19H21F3N4. The highest BCUT2D eigenvalue weighted by Crippen LogP contribution is 2.23. The van der Waals surface area contributed by atoms with E-state index < -0.39 is 17.5 Å². The number of benzene rings is 1. The molecule has 2 N–H and O–H groups in total. The second-order valence-electron chi connectivity index (χ2n) is 6.35. The van der Waals surface area contributed by atoms with Crippen LogP contribution in [-0.2, 0) is 0 Å². The van der Waals surface area contributed by atoms with Gasteiger partial charge in [0.1, 0.15) is 5.82 Å². The summed E-state index contributed by atoms with van der Waals surface area (Å²) in [5, 5.41) is 5.84. The van der Waals surface area contributed by atoms with Crippen molar-refractivity contribution in [2.45, 2.75) is 39.0 Å². The molecule has 26 heavy (non-hydrogen) atoms. The molecule has 0 bridgehead atoms. The second-order valence-corrected chi connectivity index (χ2v) is 6.35. The molecule has 0 fully saturated rings. The molecule has 0 amide bonds. The molecule has 138 valence electrons. The molecule has 1 heterocycles. The average Bonchev–Trinajstić information content (AvgIpc) is 2.63. The number of anilines is 3. The minimum atomic E-state index is -1.53. The predicted molar refractivity (Wildman–Crippen MR) is 96.0 cm³/mol. The Kier molecular flexibility index (Phi) is 5.75. The third-order valence-corrected chi connectivity index (χ3v) is 4.27. The summed E-state index contributed by atoms with van der Waals surface area (Å²) in [5.41, 5.74) is 1.91. The van der Waals surface area contributed by atoms with Crippen LogP contribution in [0.5, 0.6) is 0 Å². The van der Waals surface area contributed by atoms with E-state index in [9.17, 15) is 13.2 Å². The standard InChI is InChI=1S/C19H21F3N4/c1-12-11-16(23-10-9-13-5-3-2-4-6-13)26-19(24-12)25-15-8-7-14(20)17(21)18(15)22/h5,7-8,11H,2-4,6,9-10H2,1H3,(H2,23,24,25,26). The van der Waals surface area contributed by atoms with Gasteiger partial charge >= 0.3 is 0 Å². The molecule has 7 heteroatoms. The van der Waals surface area contributed by atoms with Crippen molar-refractivity contribution in [3.63, 3.8) is 0 Å².